The molecule has 21 N–H and O–H groups in total. The van der Waals surface area contributed by atoms with Crippen LogP contribution in [-0.2, 0) is 94.3 Å². The van der Waals surface area contributed by atoms with Gasteiger partial charge in [-0.25, -0.2) is 4.79 Å². The Morgan fingerprint density at radius 3 is 1.36 bits per heavy atom. The van der Waals surface area contributed by atoms with E-state index < -0.39 is 231 Å². The van der Waals surface area contributed by atoms with Crippen molar-refractivity contribution < 1.29 is 107 Å². The Labute approximate surface area is 602 Å². The Balaban J connectivity index is 1.56. The summed E-state index contributed by atoms with van der Waals surface area (Å²) in [5.74, 6) is -18.1. The molecule has 2 saturated heterocycles. The molecule has 0 saturated carbocycles. The molecule has 2 aromatic rings. The van der Waals surface area contributed by atoms with E-state index in [1.54, 1.807) is 66.9 Å². The van der Waals surface area contributed by atoms with Crippen LogP contribution in [0.4, 0.5) is 0 Å². The Hall–Kier alpha value is -10.3. The molecule has 12 atom stereocenters. The van der Waals surface area contributed by atoms with Crippen LogP contribution in [0.1, 0.15) is 114 Å². The molecule has 2 aromatic carbocycles. The lowest BCUT2D eigenvalue weighted by atomic mass is 10.0. The highest BCUT2D eigenvalue weighted by Gasteiger charge is 2.42. The summed E-state index contributed by atoms with van der Waals surface area (Å²) in [5, 5.41) is 73.3. The molecule has 104 heavy (non-hydrogen) atoms. The molecule has 0 bridgehead atoms. The fourth-order valence-corrected chi connectivity index (χ4v) is 11.8. The van der Waals surface area contributed by atoms with E-state index in [4.69, 9.17) is 17.2 Å². The number of carbonyl (C=O) groups excluding carboxylic acids is 13. The molecule has 38 heteroatoms. The number of hydrogen-bond donors (Lipinski definition) is 18. The third-order valence-electron chi connectivity index (χ3n) is 16.9. The van der Waals surface area contributed by atoms with Gasteiger partial charge in [-0.1, -0.05) is 60.7 Å². The largest absolute Gasteiger partial charge is 0.481 e. The Morgan fingerprint density at radius 1 is 0.490 bits per heavy atom. The number of aliphatic hydroxyl groups excluding tert-OH is 1. The van der Waals surface area contributed by atoms with Gasteiger partial charge in [-0.2, -0.15) is 11.8 Å². The molecule has 2 aliphatic heterocycles. The van der Waals surface area contributed by atoms with Crippen molar-refractivity contribution >= 4 is 112 Å². The molecule has 0 aliphatic carbocycles. The molecule has 0 unspecified atom stereocenters. The van der Waals surface area contributed by atoms with Crippen LogP contribution in [0.15, 0.2) is 60.7 Å². The minimum absolute atomic E-state index is 0.00334. The smallest absolute Gasteiger partial charge is 0.326 e. The van der Waals surface area contributed by atoms with Gasteiger partial charge in [-0.05, 0) is 107 Å². The Bertz CT molecular complexity index is 3350. The number of thioether (sulfide) groups is 1. The number of aliphatic carboxylic acids is 4. The normalized spacial score (nSPS) is 16.8. The van der Waals surface area contributed by atoms with Gasteiger partial charge in [-0.3, -0.25) is 76.7 Å². The molecule has 0 aromatic heterocycles. The summed E-state index contributed by atoms with van der Waals surface area (Å²) in [6.45, 7) is -0.434. The first-order valence-corrected chi connectivity index (χ1v) is 35.2. The fraction of sp³-hybridized carbons (Fsp3) is 0.561. The van der Waals surface area contributed by atoms with Crippen LogP contribution >= 0.6 is 11.8 Å². The van der Waals surface area contributed by atoms with Crippen LogP contribution in [-0.4, -0.2) is 253 Å². The number of likely N-dealkylation sites (tertiary alicyclic amines) is 2. The zero-order chi connectivity index (χ0) is 77.2. The number of unbranched alkanes of at least 4 members (excludes halogenated alkanes) is 1. The van der Waals surface area contributed by atoms with Crippen LogP contribution in [0.3, 0.4) is 0 Å². The highest BCUT2D eigenvalue weighted by molar-refractivity contribution is 7.98. The van der Waals surface area contributed by atoms with Crippen molar-refractivity contribution in [3.63, 3.8) is 0 Å². The highest BCUT2D eigenvalue weighted by atomic mass is 32.2. The number of rotatable bonds is 46. The SMILES string of the molecule is CSCC[C@H](NC(=O)[C@@H]1CCCN1C(=O)[C@H](Cc1ccccc1)NC(=O)[C@H](CCC(=O)O)NC(=O)[C@H](CCC(=O)O)NC(=O)[C@H](CCCCN)NC(=O)[C@H](CO)NC(=O)[C@@H]1CCCN1C(=O)CNC(=O)[C@H](CC(N)=O)NC(=O)[C@H](C)N)C(=O)N[C@@H](Cc1ccccc1)C(=O)N[C@@H](CCC(=O)O)C(=O)O. The van der Waals surface area contributed by atoms with Gasteiger partial charge in [0.05, 0.1) is 25.6 Å². The van der Waals surface area contributed by atoms with E-state index >= 15 is 0 Å². The van der Waals surface area contributed by atoms with Crippen molar-refractivity contribution in [1.82, 2.24) is 63.0 Å². The number of carbonyl (C=O) groups is 17. The van der Waals surface area contributed by atoms with Gasteiger partial charge in [0.15, 0.2) is 0 Å². The third-order valence-corrected chi connectivity index (χ3v) is 17.5. The van der Waals surface area contributed by atoms with Crippen molar-refractivity contribution in [3.8, 4) is 0 Å². The quantitative estimate of drug-likeness (QED) is 0.0275. The number of nitrogens with two attached hydrogens (primary N) is 3. The van der Waals surface area contributed by atoms with Crippen LogP contribution in [0.5, 0.6) is 0 Å². The van der Waals surface area contributed by atoms with Gasteiger partial charge in [0.1, 0.15) is 66.5 Å². The van der Waals surface area contributed by atoms with Gasteiger partial charge in [0.2, 0.25) is 76.8 Å². The number of nitrogens with one attached hydrogen (secondary N) is 10. The van der Waals surface area contributed by atoms with Crippen LogP contribution in [0.25, 0.3) is 0 Å². The minimum atomic E-state index is -1.85. The molecule has 37 nitrogen and oxygen atoms in total. The molecule has 2 aliphatic rings. The summed E-state index contributed by atoms with van der Waals surface area (Å²) in [6.07, 6.45) is -2.51. The van der Waals surface area contributed by atoms with Gasteiger partial charge >= 0.3 is 23.9 Å². The van der Waals surface area contributed by atoms with Crippen molar-refractivity contribution in [2.24, 2.45) is 17.2 Å². The van der Waals surface area contributed by atoms with E-state index in [0.717, 1.165) is 4.90 Å². The minimum Gasteiger partial charge on any atom is -0.481 e. The summed E-state index contributed by atoms with van der Waals surface area (Å²) >= 11 is 1.31. The molecule has 0 spiro atoms. The Morgan fingerprint density at radius 2 is 0.894 bits per heavy atom. The molecular weight excluding hydrogens is 1390 g/mol. The average molecular weight is 1480 g/mol. The first-order valence-electron chi connectivity index (χ1n) is 33.8. The number of carboxylic acid groups (broad SMARTS) is 4. The number of carboxylic acids is 4. The maximum absolute atomic E-state index is 15.0. The first kappa shape index (κ1) is 86.1. The number of amides is 13. The van der Waals surface area contributed by atoms with E-state index in [0.29, 0.717) is 11.1 Å². The monoisotopic (exact) mass is 1480 g/mol. The average Bonchev–Trinajstić information content (AvgIpc) is 1.56. The van der Waals surface area contributed by atoms with E-state index in [1.807, 2.05) is 0 Å². The number of aliphatic hydroxyl groups is 1. The van der Waals surface area contributed by atoms with Gasteiger partial charge in [0.25, 0.3) is 0 Å². The molecule has 4 rings (SSSR count). The predicted molar refractivity (Wildman–Crippen MR) is 369 cm³/mol. The van der Waals surface area contributed by atoms with Crippen molar-refractivity contribution in [2.45, 2.75) is 189 Å². The number of hydrogen-bond acceptors (Lipinski definition) is 21. The molecule has 0 radical (unpaired) electrons. The summed E-state index contributed by atoms with van der Waals surface area (Å²) in [6, 6.07) is -1.73. The van der Waals surface area contributed by atoms with Crippen molar-refractivity contribution in [3.05, 3.63) is 71.8 Å². The zero-order valence-electron chi connectivity index (χ0n) is 57.7. The topological polar surface area (TPSA) is 596 Å². The molecule has 2 heterocycles. The molecule has 572 valence electrons. The van der Waals surface area contributed by atoms with Crippen molar-refractivity contribution in [2.75, 3.05) is 44.8 Å². The van der Waals surface area contributed by atoms with Crippen LogP contribution in [0, 0.1) is 0 Å². The third kappa shape index (κ3) is 29.2. The van der Waals surface area contributed by atoms with Crippen molar-refractivity contribution in [1.29, 1.82) is 0 Å². The lowest BCUT2D eigenvalue weighted by Crippen LogP contribution is -2.61. The summed E-state index contributed by atoms with van der Waals surface area (Å²) in [5.41, 5.74) is 17.5. The van der Waals surface area contributed by atoms with Gasteiger partial charge in [0, 0.05) is 45.2 Å². The second-order valence-corrected chi connectivity index (χ2v) is 25.9. The summed E-state index contributed by atoms with van der Waals surface area (Å²) in [7, 11) is 0. The molecular formula is C66H95N15O22S. The van der Waals surface area contributed by atoms with E-state index in [-0.39, 0.29) is 89.6 Å². The highest BCUT2D eigenvalue weighted by Crippen LogP contribution is 2.22. The summed E-state index contributed by atoms with van der Waals surface area (Å²) in [4.78, 5) is 229. The molecule has 13 amide bonds. The maximum atomic E-state index is 15.0. The lowest BCUT2D eigenvalue weighted by Gasteiger charge is -2.31. The maximum Gasteiger partial charge on any atom is 0.326 e. The zero-order valence-corrected chi connectivity index (χ0v) is 58.5. The van der Waals surface area contributed by atoms with Crippen LogP contribution < -0.4 is 70.4 Å². The van der Waals surface area contributed by atoms with E-state index in [1.165, 1.54) is 23.6 Å². The predicted octanol–water partition coefficient (Wildman–Crippen LogP) is -5.29. The van der Waals surface area contributed by atoms with E-state index in [9.17, 15) is 107 Å². The van der Waals surface area contributed by atoms with E-state index in [2.05, 4.69) is 53.2 Å². The molecule has 2 fully saturated rings. The van der Waals surface area contributed by atoms with Gasteiger partial charge in [-0.15, -0.1) is 0 Å². The number of nitrogens with zero attached hydrogens (tertiary/aromatic N) is 2. The lowest BCUT2D eigenvalue weighted by molar-refractivity contribution is -0.144. The summed E-state index contributed by atoms with van der Waals surface area (Å²) < 4.78 is 0. The first-order chi connectivity index (χ1) is 49.4. The van der Waals surface area contributed by atoms with Crippen LogP contribution in [0.2, 0.25) is 0 Å². The number of benzene rings is 2. The second-order valence-electron chi connectivity index (χ2n) is 24.9. The van der Waals surface area contributed by atoms with Gasteiger partial charge < -0.3 is 106 Å². The standard InChI is InChI=1S/C66H95N15O22S/c1-36(68)55(91)76-45(33-50(69)83)56(92)70-34-51(84)80-28-11-18-48(80)63(99)79-47(35-82)62(98)71-39(17-9-10-27-67)57(93)72-40(20-23-52(85)86)58(94)73-41(21-24-53(87)88)59(95)78-46(32-38-15-7-4-8-16-38)65(101)81-29-12-19-49(81)64(100)74-42(26-30-104-2)60(96)77-44(31-37-13-5-3-6-14-37)61(97)75-43(66(102)103)22-25-54(89)90/h3-8,13-16,36,39-49,82H,9-12,17-35,67-68H2,1-2H3,(H2,69,83)(H,70,92)(H,71,98)(H,72,93)(H,73,94)(H,74,100)(H,75,97)(H,76,91)(H,77,96)(H,78,95)(H,79,99)(H,85,86)(H,87,88)(H,89,90)(H,102,103)/t36-,39-,40-,41-,42-,43-,44-,45-,46-,47-,48-,49-/m0/s1. The number of primary amides is 1. The second kappa shape index (κ2) is 44.2. The fourth-order valence-electron chi connectivity index (χ4n) is 11.3. The Kier molecular flexibility index (Phi) is 36.6.